The third kappa shape index (κ3) is 5.94. The number of carbonyl (C=O) groups is 2. The third-order valence-corrected chi connectivity index (χ3v) is 4.72. The van der Waals surface area contributed by atoms with Gasteiger partial charge in [-0.15, -0.1) is 11.8 Å². The lowest BCUT2D eigenvalue weighted by Crippen LogP contribution is -2.19. The summed E-state index contributed by atoms with van der Waals surface area (Å²) in [6.45, 7) is 4.15. The number of thioether (sulfide) groups is 1. The first-order valence-corrected chi connectivity index (χ1v) is 9.62. The lowest BCUT2D eigenvalue weighted by Gasteiger charge is -2.14. The summed E-state index contributed by atoms with van der Waals surface area (Å²) in [4.78, 5) is 24.1. The van der Waals surface area contributed by atoms with Crippen LogP contribution in [0.2, 0.25) is 0 Å². The molecule has 2 aromatic carbocycles. The van der Waals surface area contributed by atoms with Crippen molar-refractivity contribution in [3.05, 3.63) is 59.7 Å². The van der Waals surface area contributed by atoms with E-state index >= 15 is 0 Å². The molecule has 132 valence electrons. The first kappa shape index (κ1) is 19.1. The Hall–Kier alpha value is -2.27. The third-order valence-electron chi connectivity index (χ3n) is 3.79. The van der Waals surface area contributed by atoms with Crippen molar-refractivity contribution in [3.63, 3.8) is 0 Å². The van der Waals surface area contributed by atoms with Crippen molar-refractivity contribution >= 4 is 35.0 Å². The fourth-order valence-corrected chi connectivity index (χ4v) is 3.15. The number of rotatable bonds is 8. The first-order valence-electron chi connectivity index (χ1n) is 8.47. The summed E-state index contributed by atoms with van der Waals surface area (Å²) in [5.74, 6) is 0.322. The molecule has 2 aromatic rings. The van der Waals surface area contributed by atoms with Crippen LogP contribution >= 0.6 is 11.8 Å². The molecule has 0 heterocycles. The van der Waals surface area contributed by atoms with E-state index in [0.29, 0.717) is 0 Å². The second kappa shape index (κ2) is 9.89. The molecule has 25 heavy (non-hydrogen) atoms. The molecule has 0 aliphatic heterocycles. The van der Waals surface area contributed by atoms with Gasteiger partial charge >= 0.3 is 0 Å². The predicted octanol–water partition coefficient (Wildman–Crippen LogP) is 4.12. The van der Waals surface area contributed by atoms with E-state index in [2.05, 4.69) is 24.5 Å². The van der Waals surface area contributed by atoms with Gasteiger partial charge in [0.25, 0.3) is 0 Å². The average Bonchev–Trinajstić information content (AvgIpc) is 2.62. The lowest BCUT2D eigenvalue weighted by atomic mass is 10.0. The number of aryl methyl sites for hydroxylation is 2. The maximum atomic E-state index is 12.2. The van der Waals surface area contributed by atoms with Crippen molar-refractivity contribution in [1.29, 1.82) is 0 Å². The smallest absolute Gasteiger partial charge is 0.234 e. The number of hydrogen-bond donors (Lipinski definition) is 2. The molecule has 0 bridgehead atoms. The molecule has 0 aromatic heterocycles. The number of amides is 2. The van der Waals surface area contributed by atoms with Crippen molar-refractivity contribution in [3.8, 4) is 0 Å². The van der Waals surface area contributed by atoms with Gasteiger partial charge in [0, 0.05) is 11.4 Å². The lowest BCUT2D eigenvalue weighted by molar-refractivity contribution is -0.114. The maximum absolute atomic E-state index is 12.2. The van der Waals surface area contributed by atoms with Gasteiger partial charge in [0.15, 0.2) is 0 Å². The summed E-state index contributed by atoms with van der Waals surface area (Å²) in [6.07, 6.45) is 1.74. The highest BCUT2D eigenvalue weighted by atomic mass is 32.2. The Morgan fingerprint density at radius 1 is 0.800 bits per heavy atom. The zero-order valence-corrected chi connectivity index (χ0v) is 15.5. The number of anilines is 2. The summed E-state index contributed by atoms with van der Waals surface area (Å²) in [5.41, 5.74) is 3.97. The second-order valence-electron chi connectivity index (χ2n) is 5.61. The van der Waals surface area contributed by atoms with E-state index in [4.69, 9.17) is 0 Å². The van der Waals surface area contributed by atoms with E-state index < -0.39 is 0 Å². The van der Waals surface area contributed by atoms with Crippen LogP contribution in [0.4, 0.5) is 11.4 Å². The van der Waals surface area contributed by atoms with Crippen LogP contribution in [0.25, 0.3) is 0 Å². The molecule has 0 radical (unpaired) electrons. The molecule has 0 unspecified atom stereocenters. The van der Waals surface area contributed by atoms with Gasteiger partial charge in [0.05, 0.1) is 11.5 Å². The Morgan fingerprint density at radius 3 is 1.92 bits per heavy atom. The largest absolute Gasteiger partial charge is 0.325 e. The van der Waals surface area contributed by atoms with Gasteiger partial charge in [-0.2, -0.15) is 0 Å². The molecule has 2 rings (SSSR count). The highest BCUT2D eigenvalue weighted by Crippen LogP contribution is 2.22. The summed E-state index contributed by atoms with van der Waals surface area (Å²) in [5, 5.41) is 5.82. The van der Waals surface area contributed by atoms with Crippen LogP contribution in [-0.2, 0) is 22.4 Å². The van der Waals surface area contributed by atoms with Crippen molar-refractivity contribution in [1.82, 2.24) is 0 Å². The molecule has 0 atom stereocenters. The highest BCUT2D eigenvalue weighted by Gasteiger charge is 2.11. The second-order valence-corrected chi connectivity index (χ2v) is 6.60. The molecule has 5 heteroatoms. The molecule has 0 aliphatic rings. The maximum Gasteiger partial charge on any atom is 0.234 e. The molecule has 0 aliphatic carbocycles. The number of hydrogen-bond acceptors (Lipinski definition) is 3. The fraction of sp³-hybridized carbons (Fsp3) is 0.300. The minimum absolute atomic E-state index is 0.0758. The van der Waals surface area contributed by atoms with Gasteiger partial charge in [-0.05, 0) is 36.1 Å². The van der Waals surface area contributed by atoms with Crippen LogP contribution in [-0.4, -0.2) is 23.3 Å². The van der Waals surface area contributed by atoms with Crippen LogP contribution in [0.3, 0.4) is 0 Å². The van der Waals surface area contributed by atoms with Gasteiger partial charge in [0.2, 0.25) is 11.8 Å². The van der Waals surface area contributed by atoms with Crippen LogP contribution in [0.15, 0.2) is 48.5 Å². The zero-order chi connectivity index (χ0) is 18.1. The summed E-state index contributed by atoms with van der Waals surface area (Å²) in [6, 6.07) is 15.4. The minimum atomic E-state index is -0.104. The zero-order valence-electron chi connectivity index (χ0n) is 14.7. The van der Waals surface area contributed by atoms with Gasteiger partial charge in [-0.3, -0.25) is 9.59 Å². The van der Waals surface area contributed by atoms with E-state index in [1.165, 1.54) is 11.8 Å². The monoisotopic (exact) mass is 356 g/mol. The number of nitrogens with one attached hydrogen (secondary N) is 2. The Morgan fingerprint density at radius 2 is 1.36 bits per heavy atom. The van der Waals surface area contributed by atoms with Gasteiger partial charge in [-0.25, -0.2) is 0 Å². The van der Waals surface area contributed by atoms with Crippen molar-refractivity contribution < 1.29 is 9.59 Å². The molecule has 2 N–H and O–H groups in total. The fourth-order valence-electron chi connectivity index (χ4n) is 2.53. The molecular weight excluding hydrogens is 332 g/mol. The van der Waals surface area contributed by atoms with E-state index in [-0.39, 0.29) is 23.3 Å². The van der Waals surface area contributed by atoms with Gasteiger partial charge < -0.3 is 10.6 Å². The minimum Gasteiger partial charge on any atom is -0.325 e. The molecule has 0 saturated heterocycles. The number of para-hydroxylation sites is 2. The van der Waals surface area contributed by atoms with Crippen LogP contribution in [0, 0.1) is 0 Å². The Bertz CT molecular complexity index is 695. The molecule has 0 saturated carbocycles. The van der Waals surface area contributed by atoms with Crippen LogP contribution in [0.5, 0.6) is 0 Å². The van der Waals surface area contributed by atoms with Crippen molar-refractivity contribution in [2.75, 3.05) is 22.1 Å². The Kier molecular flexibility index (Phi) is 7.54. The van der Waals surface area contributed by atoms with Crippen LogP contribution < -0.4 is 10.6 Å². The molecule has 0 fully saturated rings. The summed E-state index contributed by atoms with van der Waals surface area (Å²) >= 11 is 1.31. The quantitative estimate of drug-likeness (QED) is 0.748. The van der Waals surface area contributed by atoms with Gasteiger partial charge in [0.1, 0.15) is 0 Å². The molecule has 4 nitrogen and oxygen atoms in total. The van der Waals surface area contributed by atoms with Crippen LogP contribution in [0.1, 0.15) is 25.0 Å². The first-order chi connectivity index (χ1) is 12.1. The average molecular weight is 356 g/mol. The molecular formula is C20H24N2O2S. The normalized spacial score (nSPS) is 10.3. The highest BCUT2D eigenvalue weighted by molar-refractivity contribution is 8.00. The standard InChI is InChI=1S/C20H24N2O2S/c1-3-15-9-8-10-16(4-2)20(15)22-19(24)14-25-13-18(23)21-17-11-6-5-7-12-17/h5-12H,3-4,13-14H2,1-2H3,(H,21,23)(H,22,24). The van der Waals surface area contributed by atoms with E-state index in [1.54, 1.807) is 0 Å². The summed E-state index contributed by atoms with van der Waals surface area (Å²) in [7, 11) is 0. The molecule has 2 amide bonds. The van der Waals surface area contributed by atoms with E-state index in [0.717, 1.165) is 35.3 Å². The van der Waals surface area contributed by atoms with Crippen molar-refractivity contribution in [2.45, 2.75) is 26.7 Å². The number of benzene rings is 2. The van der Waals surface area contributed by atoms with E-state index in [1.807, 2.05) is 48.5 Å². The number of carbonyl (C=O) groups excluding carboxylic acids is 2. The predicted molar refractivity (Wildman–Crippen MR) is 106 cm³/mol. The van der Waals surface area contributed by atoms with Gasteiger partial charge in [-0.1, -0.05) is 50.2 Å². The topological polar surface area (TPSA) is 58.2 Å². The van der Waals surface area contributed by atoms with E-state index in [9.17, 15) is 9.59 Å². The van der Waals surface area contributed by atoms with Crippen molar-refractivity contribution in [2.24, 2.45) is 0 Å². The summed E-state index contributed by atoms with van der Waals surface area (Å²) < 4.78 is 0. The Labute approximate surface area is 153 Å². The Balaban J connectivity index is 1.82. The molecule has 0 spiro atoms. The SMILES string of the molecule is CCc1cccc(CC)c1NC(=O)CSCC(=O)Nc1ccccc1.